The van der Waals surface area contributed by atoms with Gasteiger partial charge in [-0.1, -0.05) is 60.7 Å². The fourth-order valence-corrected chi connectivity index (χ4v) is 3.98. The third kappa shape index (κ3) is 3.35. The lowest BCUT2D eigenvalue weighted by Crippen LogP contribution is -2.49. The van der Waals surface area contributed by atoms with Crippen LogP contribution >= 0.6 is 0 Å². The second kappa shape index (κ2) is 7.84. The Hall–Kier alpha value is -2.53. The van der Waals surface area contributed by atoms with Crippen LogP contribution in [0.3, 0.4) is 0 Å². The van der Waals surface area contributed by atoms with Crippen LogP contribution in [0.4, 0.5) is 4.39 Å². The highest BCUT2D eigenvalue weighted by Gasteiger charge is 2.41. The van der Waals surface area contributed by atoms with Crippen molar-refractivity contribution in [2.24, 2.45) is 0 Å². The van der Waals surface area contributed by atoms with Gasteiger partial charge in [-0.15, -0.1) is 0 Å². The molecule has 2 N–H and O–H groups in total. The van der Waals surface area contributed by atoms with Gasteiger partial charge in [-0.3, -0.25) is 0 Å². The molecule has 3 nitrogen and oxygen atoms in total. The summed E-state index contributed by atoms with van der Waals surface area (Å²) < 4.78 is 21.4. The van der Waals surface area contributed by atoms with Crippen molar-refractivity contribution < 1.29 is 14.2 Å². The van der Waals surface area contributed by atoms with E-state index in [2.05, 4.69) is 5.32 Å². The van der Waals surface area contributed by atoms with Crippen molar-refractivity contribution in [3.63, 3.8) is 0 Å². The predicted octanol–water partition coefficient (Wildman–Crippen LogP) is 4.41. The van der Waals surface area contributed by atoms with E-state index in [1.807, 2.05) is 60.7 Å². The number of ether oxygens (including phenoxy) is 1. The Bertz CT molecular complexity index is 950. The maximum atomic E-state index is 15.2. The Labute approximate surface area is 164 Å². The third-order valence-electron chi connectivity index (χ3n) is 5.36. The van der Waals surface area contributed by atoms with Gasteiger partial charge in [0.25, 0.3) is 0 Å². The number of aliphatic hydroxyl groups excluding tert-OH is 1. The van der Waals surface area contributed by atoms with Gasteiger partial charge in [-0.25, -0.2) is 4.39 Å². The van der Waals surface area contributed by atoms with Crippen molar-refractivity contribution in [2.45, 2.75) is 18.6 Å². The van der Waals surface area contributed by atoms with Crippen molar-refractivity contribution in [3.05, 3.63) is 95.3 Å². The zero-order valence-electron chi connectivity index (χ0n) is 15.9. The van der Waals surface area contributed by atoms with Gasteiger partial charge in [0.1, 0.15) is 11.4 Å². The molecule has 0 amide bonds. The summed E-state index contributed by atoms with van der Waals surface area (Å²) in [6.45, 7) is 3.33. The second-order valence-corrected chi connectivity index (χ2v) is 7.18. The van der Waals surface area contributed by atoms with Crippen LogP contribution in [0.15, 0.2) is 72.8 Å². The number of benzene rings is 3. The molecule has 1 heterocycles. The summed E-state index contributed by atoms with van der Waals surface area (Å²) in [4.78, 5) is 0. The summed E-state index contributed by atoms with van der Waals surface area (Å²) >= 11 is 0. The van der Waals surface area contributed by atoms with Crippen LogP contribution in [0.25, 0.3) is 11.1 Å². The Morgan fingerprint density at radius 1 is 0.964 bits per heavy atom. The molecule has 0 aliphatic carbocycles. The molecule has 28 heavy (non-hydrogen) atoms. The second-order valence-electron chi connectivity index (χ2n) is 7.18. The van der Waals surface area contributed by atoms with Gasteiger partial charge in [0, 0.05) is 18.7 Å². The first-order valence-electron chi connectivity index (χ1n) is 9.59. The van der Waals surface area contributed by atoms with E-state index in [0.717, 1.165) is 22.3 Å². The summed E-state index contributed by atoms with van der Waals surface area (Å²) in [5, 5.41) is 13.7. The Kier molecular flexibility index (Phi) is 5.27. The van der Waals surface area contributed by atoms with Gasteiger partial charge < -0.3 is 15.2 Å². The van der Waals surface area contributed by atoms with Crippen LogP contribution < -0.4 is 5.32 Å². The summed E-state index contributed by atoms with van der Waals surface area (Å²) in [6, 6.07) is 22.7. The van der Waals surface area contributed by atoms with Gasteiger partial charge in [0.15, 0.2) is 0 Å². The average molecular weight is 377 g/mol. The molecule has 3 aromatic rings. The van der Waals surface area contributed by atoms with Crippen LogP contribution in [-0.2, 0) is 10.3 Å². The molecule has 1 saturated heterocycles. The molecule has 0 spiro atoms. The number of nitrogens with one attached hydrogen (secondary N) is 1. The highest BCUT2D eigenvalue weighted by Crippen LogP contribution is 2.41. The molecule has 0 aromatic heterocycles. The number of aliphatic hydroxyl groups is 1. The first kappa shape index (κ1) is 18.8. The molecule has 1 aliphatic heterocycles. The molecule has 2 unspecified atom stereocenters. The highest BCUT2D eigenvalue weighted by atomic mass is 19.1. The van der Waals surface area contributed by atoms with Crippen LogP contribution in [0.2, 0.25) is 0 Å². The predicted molar refractivity (Wildman–Crippen MR) is 109 cm³/mol. The fourth-order valence-electron chi connectivity index (χ4n) is 3.98. The number of hydrogen-bond acceptors (Lipinski definition) is 3. The molecule has 144 valence electrons. The summed E-state index contributed by atoms with van der Waals surface area (Å²) in [5.41, 5.74) is 2.97. The standard InChI is InChI=1S/C24H24FNO2/c1-17(27)20-9-5-6-10-21(20)24(16-26-13-14-28-24)22-15-19(11-12-23(22)25)18-7-3-2-4-8-18/h2-12,15,17,26-27H,13-14,16H2,1H3. The van der Waals surface area contributed by atoms with E-state index in [-0.39, 0.29) is 5.82 Å². The first-order chi connectivity index (χ1) is 13.6. The molecule has 0 radical (unpaired) electrons. The fraction of sp³-hybridized carbons (Fsp3) is 0.250. The van der Waals surface area contributed by atoms with E-state index in [1.165, 1.54) is 6.07 Å². The van der Waals surface area contributed by atoms with E-state index in [4.69, 9.17) is 4.74 Å². The van der Waals surface area contributed by atoms with E-state index in [1.54, 1.807) is 13.0 Å². The van der Waals surface area contributed by atoms with Crippen LogP contribution in [0.5, 0.6) is 0 Å². The van der Waals surface area contributed by atoms with Crippen LogP contribution in [-0.4, -0.2) is 24.8 Å². The van der Waals surface area contributed by atoms with Gasteiger partial charge in [0.05, 0.1) is 12.7 Å². The third-order valence-corrected chi connectivity index (χ3v) is 5.36. The van der Waals surface area contributed by atoms with E-state index in [0.29, 0.717) is 25.3 Å². The average Bonchev–Trinajstić information content (AvgIpc) is 2.75. The minimum Gasteiger partial charge on any atom is -0.389 e. The molecule has 1 aliphatic rings. The number of halogens is 1. The van der Waals surface area contributed by atoms with Gasteiger partial charge >= 0.3 is 0 Å². The lowest BCUT2D eigenvalue weighted by atomic mass is 9.80. The first-order valence-corrected chi connectivity index (χ1v) is 9.59. The van der Waals surface area contributed by atoms with Gasteiger partial charge in [0.2, 0.25) is 0 Å². The largest absolute Gasteiger partial charge is 0.389 e. The number of hydrogen-bond donors (Lipinski definition) is 2. The van der Waals surface area contributed by atoms with E-state index >= 15 is 4.39 Å². The molecule has 0 saturated carbocycles. The summed E-state index contributed by atoms with van der Waals surface area (Å²) in [5.74, 6) is -0.316. The number of rotatable bonds is 4. The zero-order chi connectivity index (χ0) is 19.6. The normalized spacial score (nSPS) is 20.7. The molecular formula is C24H24FNO2. The van der Waals surface area contributed by atoms with E-state index < -0.39 is 11.7 Å². The van der Waals surface area contributed by atoms with Gasteiger partial charge in [-0.05, 0) is 41.3 Å². The highest BCUT2D eigenvalue weighted by molar-refractivity contribution is 5.65. The lowest BCUT2D eigenvalue weighted by Gasteiger charge is -2.40. The van der Waals surface area contributed by atoms with Gasteiger partial charge in [-0.2, -0.15) is 0 Å². The maximum absolute atomic E-state index is 15.2. The van der Waals surface area contributed by atoms with Crippen molar-refractivity contribution in [1.82, 2.24) is 5.32 Å². The quantitative estimate of drug-likeness (QED) is 0.708. The van der Waals surface area contributed by atoms with Crippen molar-refractivity contribution >= 4 is 0 Å². The summed E-state index contributed by atoms with van der Waals surface area (Å²) in [7, 11) is 0. The van der Waals surface area contributed by atoms with Crippen molar-refractivity contribution in [2.75, 3.05) is 19.7 Å². The Balaban J connectivity index is 1.92. The minimum atomic E-state index is -0.999. The molecule has 2 atom stereocenters. The number of morpholine rings is 1. The zero-order valence-corrected chi connectivity index (χ0v) is 15.9. The van der Waals surface area contributed by atoms with Crippen molar-refractivity contribution in [3.8, 4) is 11.1 Å². The lowest BCUT2D eigenvalue weighted by molar-refractivity contribution is -0.0441. The Morgan fingerprint density at radius 3 is 2.43 bits per heavy atom. The summed E-state index contributed by atoms with van der Waals surface area (Å²) in [6.07, 6.45) is -0.682. The maximum Gasteiger partial charge on any atom is 0.134 e. The topological polar surface area (TPSA) is 41.5 Å². The molecular weight excluding hydrogens is 353 g/mol. The van der Waals surface area contributed by atoms with Crippen LogP contribution in [0.1, 0.15) is 29.7 Å². The smallest absolute Gasteiger partial charge is 0.134 e. The molecule has 4 rings (SSSR count). The van der Waals surface area contributed by atoms with E-state index in [9.17, 15) is 5.11 Å². The Morgan fingerprint density at radius 2 is 1.71 bits per heavy atom. The van der Waals surface area contributed by atoms with Crippen LogP contribution in [0, 0.1) is 5.82 Å². The molecule has 3 aromatic carbocycles. The minimum absolute atomic E-state index is 0.316. The SMILES string of the molecule is CC(O)c1ccccc1C1(c2cc(-c3ccccc3)ccc2F)CNCCO1. The molecule has 0 bridgehead atoms. The molecule has 1 fully saturated rings. The molecule has 4 heteroatoms. The van der Waals surface area contributed by atoms with Crippen molar-refractivity contribution in [1.29, 1.82) is 0 Å². The monoisotopic (exact) mass is 377 g/mol.